The summed E-state index contributed by atoms with van der Waals surface area (Å²) in [5.74, 6) is 0.377. The zero-order valence-corrected chi connectivity index (χ0v) is 12.0. The number of benzene rings is 1. The van der Waals surface area contributed by atoms with Crippen molar-refractivity contribution in [3.05, 3.63) is 53.7 Å². The maximum absolute atomic E-state index is 12.3. The minimum absolute atomic E-state index is 0.0120. The summed E-state index contributed by atoms with van der Waals surface area (Å²) < 4.78 is 0. The Morgan fingerprint density at radius 3 is 2.67 bits per heavy atom. The van der Waals surface area contributed by atoms with Gasteiger partial charge in [0, 0.05) is 18.4 Å². The van der Waals surface area contributed by atoms with Gasteiger partial charge in [-0.3, -0.25) is 4.79 Å². The second-order valence-corrected chi connectivity index (χ2v) is 4.64. The van der Waals surface area contributed by atoms with Crippen molar-refractivity contribution in [2.75, 3.05) is 17.2 Å². The van der Waals surface area contributed by atoms with Crippen LogP contribution in [0.3, 0.4) is 0 Å². The number of aromatic nitrogens is 1. The third-order valence-corrected chi connectivity index (χ3v) is 2.99. The van der Waals surface area contributed by atoms with Gasteiger partial charge in [0.05, 0.1) is 12.2 Å². The van der Waals surface area contributed by atoms with Crippen molar-refractivity contribution in [2.45, 2.75) is 20.0 Å². The van der Waals surface area contributed by atoms with Crippen molar-refractivity contribution in [1.29, 1.82) is 0 Å². The second kappa shape index (κ2) is 7.40. The lowest BCUT2D eigenvalue weighted by atomic mass is 10.2. The Balaban J connectivity index is 2.12. The molecule has 2 rings (SSSR count). The Hall–Kier alpha value is -2.40. The number of nitrogens with zero attached hydrogens (tertiary/aromatic N) is 1. The summed E-state index contributed by atoms with van der Waals surface area (Å²) in [7, 11) is 0. The molecule has 0 aliphatic heterocycles. The second-order valence-electron chi connectivity index (χ2n) is 4.64. The van der Waals surface area contributed by atoms with Crippen LogP contribution in [-0.4, -0.2) is 22.5 Å². The molecule has 0 radical (unpaired) electrons. The van der Waals surface area contributed by atoms with Crippen LogP contribution in [-0.2, 0) is 6.61 Å². The number of amides is 1. The maximum atomic E-state index is 12.3. The van der Waals surface area contributed by atoms with E-state index < -0.39 is 0 Å². The van der Waals surface area contributed by atoms with E-state index in [4.69, 9.17) is 5.11 Å². The fourth-order valence-electron chi connectivity index (χ4n) is 1.86. The lowest BCUT2D eigenvalue weighted by Crippen LogP contribution is -2.16. The molecule has 0 atom stereocenters. The minimum atomic E-state index is -0.210. The number of aliphatic hydroxyl groups excluding tert-OH is 1. The molecule has 3 N–H and O–H groups in total. The zero-order chi connectivity index (χ0) is 15.1. The molecule has 0 saturated carbocycles. The monoisotopic (exact) mass is 285 g/mol. The van der Waals surface area contributed by atoms with Gasteiger partial charge in [-0.05, 0) is 36.2 Å². The van der Waals surface area contributed by atoms with Gasteiger partial charge in [0.15, 0.2) is 0 Å². The molecule has 5 heteroatoms. The molecule has 2 aromatic rings. The average Bonchev–Trinajstić information content (AvgIpc) is 2.54. The van der Waals surface area contributed by atoms with Crippen LogP contribution in [0, 0.1) is 0 Å². The molecule has 5 nitrogen and oxygen atoms in total. The van der Waals surface area contributed by atoms with Crippen molar-refractivity contribution in [3.63, 3.8) is 0 Å². The smallest absolute Gasteiger partial charge is 0.259 e. The highest BCUT2D eigenvalue weighted by Gasteiger charge is 2.12. The van der Waals surface area contributed by atoms with Crippen molar-refractivity contribution in [2.24, 2.45) is 0 Å². The Labute approximate surface area is 124 Å². The van der Waals surface area contributed by atoms with Crippen LogP contribution >= 0.6 is 0 Å². The number of carbonyl (C=O) groups is 1. The molecule has 21 heavy (non-hydrogen) atoms. The van der Waals surface area contributed by atoms with Gasteiger partial charge in [0.25, 0.3) is 5.91 Å². The first-order valence-corrected chi connectivity index (χ1v) is 6.94. The van der Waals surface area contributed by atoms with E-state index in [-0.39, 0.29) is 12.5 Å². The van der Waals surface area contributed by atoms with Gasteiger partial charge in [-0.25, -0.2) is 4.98 Å². The van der Waals surface area contributed by atoms with Crippen molar-refractivity contribution in [3.8, 4) is 0 Å². The van der Waals surface area contributed by atoms with Crippen LogP contribution < -0.4 is 10.6 Å². The normalized spacial score (nSPS) is 10.2. The summed E-state index contributed by atoms with van der Waals surface area (Å²) in [6, 6.07) is 10.5. The molecule has 0 bridgehead atoms. The number of anilines is 2. The molecule has 1 aromatic heterocycles. The molecule has 110 valence electrons. The highest BCUT2D eigenvalue weighted by atomic mass is 16.3. The number of nitrogens with one attached hydrogen (secondary N) is 2. The fraction of sp³-hybridized carbons (Fsp3) is 0.250. The predicted octanol–water partition coefficient (Wildman–Crippen LogP) is 2.65. The van der Waals surface area contributed by atoms with Crippen LogP contribution in [0.5, 0.6) is 0 Å². The van der Waals surface area contributed by atoms with Gasteiger partial charge in [-0.15, -0.1) is 0 Å². The van der Waals surface area contributed by atoms with E-state index >= 15 is 0 Å². The third-order valence-electron chi connectivity index (χ3n) is 2.99. The van der Waals surface area contributed by atoms with Crippen molar-refractivity contribution < 1.29 is 9.90 Å². The standard InChI is InChI=1S/C16H19N3O2/c1-2-9-17-15-14(4-3-10-18-15)16(21)19-13-7-5-12(11-20)6-8-13/h3-8,10,20H,2,9,11H2,1H3,(H,17,18)(H,19,21). The summed E-state index contributed by atoms with van der Waals surface area (Å²) in [5, 5.41) is 15.0. The summed E-state index contributed by atoms with van der Waals surface area (Å²) in [5.41, 5.74) is 2.00. The van der Waals surface area contributed by atoms with Gasteiger partial charge < -0.3 is 15.7 Å². The minimum Gasteiger partial charge on any atom is -0.392 e. The van der Waals surface area contributed by atoms with Crippen LogP contribution in [0.15, 0.2) is 42.6 Å². The quantitative estimate of drug-likeness (QED) is 0.763. The van der Waals surface area contributed by atoms with Crippen LogP contribution in [0.2, 0.25) is 0 Å². The molecule has 1 heterocycles. The van der Waals surface area contributed by atoms with E-state index in [9.17, 15) is 4.79 Å². The van der Waals surface area contributed by atoms with E-state index in [1.165, 1.54) is 0 Å². The first kappa shape index (κ1) is 15.0. The molecule has 1 amide bonds. The van der Waals surface area contributed by atoms with Crippen LogP contribution in [0.4, 0.5) is 11.5 Å². The molecule has 0 spiro atoms. The molecular formula is C16H19N3O2. The van der Waals surface area contributed by atoms with Gasteiger partial charge in [-0.2, -0.15) is 0 Å². The van der Waals surface area contributed by atoms with Gasteiger partial charge in [-0.1, -0.05) is 19.1 Å². The van der Waals surface area contributed by atoms with E-state index in [2.05, 4.69) is 22.5 Å². The van der Waals surface area contributed by atoms with E-state index in [1.54, 1.807) is 42.6 Å². The summed E-state index contributed by atoms with van der Waals surface area (Å²) in [6.45, 7) is 2.81. The molecule has 0 aliphatic carbocycles. The maximum Gasteiger partial charge on any atom is 0.259 e. The number of pyridine rings is 1. The Kier molecular flexibility index (Phi) is 5.29. The third kappa shape index (κ3) is 4.03. The lowest BCUT2D eigenvalue weighted by molar-refractivity contribution is 0.102. The van der Waals surface area contributed by atoms with Gasteiger partial charge in [0.2, 0.25) is 0 Å². The molecule has 0 fully saturated rings. The highest BCUT2D eigenvalue weighted by molar-refractivity contribution is 6.07. The SMILES string of the molecule is CCCNc1ncccc1C(=O)Nc1ccc(CO)cc1. The first-order chi connectivity index (χ1) is 10.2. The average molecular weight is 285 g/mol. The largest absolute Gasteiger partial charge is 0.392 e. The van der Waals surface area contributed by atoms with E-state index in [0.717, 1.165) is 18.5 Å². The molecule has 0 saturated heterocycles. The molecule has 0 aliphatic rings. The Morgan fingerprint density at radius 1 is 1.24 bits per heavy atom. The van der Waals surface area contributed by atoms with Crippen LogP contribution in [0.1, 0.15) is 29.3 Å². The molecule has 0 unspecified atom stereocenters. The van der Waals surface area contributed by atoms with Gasteiger partial charge >= 0.3 is 0 Å². The topological polar surface area (TPSA) is 74.2 Å². The van der Waals surface area contributed by atoms with Crippen LogP contribution in [0.25, 0.3) is 0 Å². The number of aliphatic hydroxyl groups is 1. The number of hydrogen-bond donors (Lipinski definition) is 3. The molecule has 1 aromatic carbocycles. The summed E-state index contributed by atoms with van der Waals surface area (Å²) in [6.07, 6.45) is 2.62. The predicted molar refractivity (Wildman–Crippen MR) is 83.3 cm³/mol. The van der Waals surface area contributed by atoms with Gasteiger partial charge in [0.1, 0.15) is 5.82 Å². The van der Waals surface area contributed by atoms with Crippen molar-refractivity contribution >= 4 is 17.4 Å². The number of carbonyl (C=O) groups excluding carboxylic acids is 1. The number of hydrogen-bond acceptors (Lipinski definition) is 4. The zero-order valence-electron chi connectivity index (χ0n) is 12.0. The summed E-state index contributed by atoms with van der Waals surface area (Å²) >= 11 is 0. The van der Waals surface area contributed by atoms with E-state index in [0.29, 0.717) is 17.1 Å². The van der Waals surface area contributed by atoms with E-state index in [1.807, 2.05) is 0 Å². The summed E-state index contributed by atoms with van der Waals surface area (Å²) in [4.78, 5) is 16.5. The molecular weight excluding hydrogens is 266 g/mol. The fourth-order valence-corrected chi connectivity index (χ4v) is 1.86. The highest BCUT2D eigenvalue weighted by Crippen LogP contribution is 2.15. The Bertz CT molecular complexity index is 597. The Morgan fingerprint density at radius 2 is 2.00 bits per heavy atom. The van der Waals surface area contributed by atoms with Crippen molar-refractivity contribution in [1.82, 2.24) is 4.98 Å². The first-order valence-electron chi connectivity index (χ1n) is 6.94. The lowest BCUT2D eigenvalue weighted by Gasteiger charge is -2.10. The number of rotatable bonds is 6.